The zero-order valence-electron chi connectivity index (χ0n) is 20.3. The summed E-state index contributed by atoms with van der Waals surface area (Å²) >= 11 is 0. The van der Waals surface area contributed by atoms with Gasteiger partial charge < -0.3 is 15.5 Å². The molecule has 34 heavy (non-hydrogen) atoms. The number of aromatic nitrogens is 1. The summed E-state index contributed by atoms with van der Waals surface area (Å²) in [7, 11) is 0. The van der Waals surface area contributed by atoms with Crippen LogP contribution in [0.25, 0.3) is 0 Å². The highest BCUT2D eigenvalue weighted by atomic mass is 16.2. The van der Waals surface area contributed by atoms with Crippen LogP contribution in [0.1, 0.15) is 56.8 Å². The summed E-state index contributed by atoms with van der Waals surface area (Å²) in [5.74, 6) is -0.565. The van der Waals surface area contributed by atoms with E-state index >= 15 is 0 Å². The SMILES string of the molecule is CC(C)C[C@@H]1C(=O)NC(C2Cc3ccccc3C2)C(=O)N1C(C(=O)NC(C)C)c1cccnc1. The standard InChI is InChI=1S/C27H34N4O3/c1-16(2)12-22-25(32)30-23(21-13-18-8-5-6-9-19(18)14-21)27(34)31(22)24(26(33)29-17(3)4)20-10-7-11-28-15-20/h5-11,15-17,21-24H,12-14H2,1-4H3,(H,29,33)(H,30,32)/t22-,23?,24?/m1/s1. The molecule has 3 atom stereocenters. The lowest BCUT2D eigenvalue weighted by Crippen LogP contribution is -2.67. The lowest BCUT2D eigenvalue weighted by molar-refractivity contribution is -0.158. The van der Waals surface area contributed by atoms with Crippen molar-refractivity contribution in [2.24, 2.45) is 11.8 Å². The maximum absolute atomic E-state index is 14.1. The number of nitrogens with one attached hydrogen (secondary N) is 2. The molecule has 3 amide bonds. The van der Waals surface area contributed by atoms with Crippen LogP contribution in [0.4, 0.5) is 0 Å². The smallest absolute Gasteiger partial charge is 0.247 e. The first-order chi connectivity index (χ1) is 16.3. The number of amides is 3. The Bertz CT molecular complexity index is 1030. The molecule has 2 N–H and O–H groups in total. The summed E-state index contributed by atoms with van der Waals surface area (Å²) in [6.07, 6.45) is 5.17. The van der Waals surface area contributed by atoms with E-state index in [9.17, 15) is 14.4 Å². The molecule has 1 aromatic heterocycles. The van der Waals surface area contributed by atoms with Gasteiger partial charge in [0.05, 0.1) is 0 Å². The average Bonchev–Trinajstić information content (AvgIpc) is 3.22. The molecule has 1 saturated heterocycles. The molecule has 4 rings (SSSR count). The quantitative estimate of drug-likeness (QED) is 0.662. The largest absolute Gasteiger partial charge is 0.352 e. The Morgan fingerprint density at radius 2 is 1.76 bits per heavy atom. The Hall–Kier alpha value is -3.22. The van der Waals surface area contributed by atoms with Gasteiger partial charge in [0.15, 0.2) is 0 Å². The fourth-order valence-electron chi connectivity index (χ4n) is 5.21. The molecule has 2 heterocycles. The maximum atomic E-state index is 14.1. The van der Waals surface area contributed by atoms with E-state index in [1.165, 1.54) is 11.1 Å². The molecule has 180 valence electrons. The van der Waals surface area contributed by atoms with Gasteiger partial charge in [-0.2, -0.15) is 0 Å². The van der Waals surface area contributed by atoms with Gasteiger partial charge in [0.2, 0.25) is 17.7 Å². The summed E-state index contributed by atoms with van der Waals surface area (Å²) in [5.41, 5.74) is 3.03. The molecule has 2 aromatic rings. The van der Waals surface area contributed by atoms with Gasteiger partial charge in [-0.3, -0.25) is 19.4 Å². The molecule has 2 aliphatic rings. The number of benzene rings is 1. The van der Waals surface area contributed by atoms with Crippen LogP contribution < -0.4 is 10.6 Å². The third kappa shape index (κ3) is 4.83. The third-order valence-corrected chi connectivity index (χ3v) is 6.66. The van der Waals surface area contributed by atoms with Crippen molar-refractivity contribution in [1.29, 1.82) is 0 Å². The number of carbonyl (C=O) groups excluding carboxylic acids is 3. The molecular formula is C27H34N4O3. The number of carbonyl (C=O) groups is 3. The normalized spacial score (nSPS) is 21.5. The fraction of sp³-hybridized carbons (Fsp3) is 0.481. The summed E-state index contributed by atoms with van der Waals surface area (Å²) in [6.45, 7) is 7.80. The molecule has 7 heteroatoms. The van der Waals surface area contributed by atoms with Crippen molar-refractivity contribution in [1.82, 2.24) is 20.5 Å². The van der Waals surface area contributed by atoms with Gasteiger partial charge in [0, 0.05) is 24.0 Å². The number of hydrogen-bond acceptors (Lipinski definition) is 4. The molecule has 1 aliphatic heterocycles. The van der Waals surface area contributed by atoms with Crippen molar-refractivity contribution in [3.63, 3.8) is 0 Å². The lowest BCUT2D eigenvalue weighted by Gasteiger charge is -2.44. The fourth-order valence-corrected chi connectivity index (χ4v) is 5.21. The molecule has 0 saturated carbocycles. The van der Waals surface area contributed by atoms with E-state index in [-0.39, 0.29) is 35.6 Å². The van der Waals surface area contributed by atoms with Crippen molar-refractivity contribution in [3.8, 4) is 0 Å². The molecule has 2 unspecified atom stereocenters. The van der Waals surface area contributed by atoms with Gasteiger partial charge >= 0.3 is 0 Å². The highest BCUT2D eigenvalue weighted by Crippen LogP contribution is 2.35. The number of piperazine rings is 1. The van der Waals surface area contributed by atoms with Crippen molar-refractivity contribution in [2.45, 2.75) is 71.1 Å². The molecule has 0 radical (unpaired) electrons. The molecule has 7 nitrogen and oxygen atoms in total. The van der Waals surface area contributed by atoms with Crippen LogP contribution in [0.2, 0.25) is 0 Å². The van der Waals surface area contributed by atoms with Gasteiger partial charge in [0.25, 0.3) is 0 Å². The van der Waals surface area contributed by atoms with Crippen LogP contribution in [0.3, 0.4) is 0 Å². The van der Waals surface area contributed by atoms with Gasteiger partial charge in [-0.15, -0.1) is 0 Å². The van der Waals surface area contributed by atoms with Crippen LogP contribution in [-0.2, 0) is 27.2 Å². The van der Waals surface area contributed by atoms with E-state index in [2.05, 4.69) is 27.8 Å². The van der Waals surface area contributed by atoms with E-state index in [0.717, 1.165) is 12.8 Å². The van der Waals surface area contributed by atoms with Crippen molar-refractivity contribution in [3.05, 3.63) is 65.5 Å². The molecular weight excluding hydrogens is 428 g/mol. The molecule has 1 aromatic carbocycles. The van der Waals surface area contributed by atoms with Crippen molar-refractivity contribution >= 4 is 17.7 Å². The van der Waals surface area contributed by atoms with Crippen LogP contribution in [-0.4, -0.2) is 45.7 Å². The van der Waals surface area contributed by atoms with Gasteiger partial charge in [-0.25, -0.2) is 0 Å². The summed E-state index contributed by atoms with van der Waals surface area (Å²) in [4.78, 5) is 46.8. The Balaban J connectivity index is 1.73. The molecule has 1 aliphatic carbocycles. The number of nitrogens with zero attached hydrogens (tertiary/aromatic N) is 2. The van der Waals surface area contributed by atoms with Crippen LogP contribution in [0.5, 0.6) is 0 Å². The first-order valence-corrected chi connectivity index (χ1v) is 12.2. The average molecular weight is 463 g/mol. The van der Waals surface area contributed by atoms with Crippen LogP contribution in [0.15, 0.2) is 48.8 Å². The predicted molar refractivity (Wildman–Crippen MR) is 130 cm³/mol. The molecule has 1 fully saturated rings. The van der Waals surface area contributed by atoms with Crippen molar-refractivity contribution < 1.29 is 14.4 Å². The van der Waals surface area contributed by atoms with Gasteiger partial charge in [-0.05, 0) is 62.1 Å². The Morgan fingerprint density at radius 3 is 2.32 bits per heavy atom. The van der Waals surface area contributed by atoms with Crippen LogP contribution >= 0.6 is 0 Å². The van der Waals surface area contributed by atoms with Gasteiger partial charge in [0.1, 0.15) is 18.1 Å². The van der Waals surface area contributed by atoms with Crippen molar-refractivity contribution in [2.75, 3.05) is 0 Å². The summed E-state index contributed by atoms with van der Waals surface area (Å²) in [5, 5.41) is 5.99. The highest BCUT2D eigenvalue weighted by molar-refractivity contribution is 6.00. The zero-order valence-corrected chi connectivity index (χ0v) is 20.3. The lowest BCUT2D eigenvalue weighted by atomic mass is 9.88. The Labute approximate surface area is 201 Å². The topological polar surface area (TPSA) is 91.4 Å². The second kappa shape index (κ2) is 9.95. The first-order valence-electron chi connectivity index (χ1n) is 12.2. The number of rotatable bonds is 7. The third-order valence-electron chi connectivity index (χ3n) is 6.66. The Kier molecular flexibility index (Phi) is 7.00. The first kappa shape index (κ1) is 23.9. The second-order valence-corrected chi connectivity index (χ2v) is 10.2. The van der Waals surface area contributed by atoms with Gasteiger partial charge in [-0.1, -0.05) is 44.2 Å². The minimum absolute atomic E-state index is 0.0425. The number of fused-ring (bicyclic) bond motifs is 1. The molecule has 0 bridgehead atoms. The molecule has 0 spiro atoms. The highest BCUT2D eigenvalue weighted by Gasteiger charge is 2.49. The van der Waals surface area contributed by atoms with E-state index in [0.29, 0.717) is 12.0 Å². The maximum Gasteiger partial charge on any atom is 0.247 e. The van der Waals surface area contributed by atoms with Crippen LogP contribution in [0, 0.1) is 11.8 Å². The summed E-state index contributed by atoms with van der Waals surface area (Å²) < 4.78 is 0. The van der Waals surface area contributed by atoms with E-state index in [1.807, 2.05) is 39.8 Å². The van der Waals surface area contributed by atoms with E-state index in [4.69, 9.17) is 0 Å². The minimum atomic E-state index is -0.926. The van der Waals surface area contributed by atoms with E-state index in [1.54, 1.807) is 29.4 Å². The Morgan fingerprint density at radius 1 is 1.09 bits per heavy atom. The summed E-state index contributed by atoms with van der Waals surface area (Å²) in [6, 6.07) is 9.28. The van der Waals surface area contributed by atoms with E-state index < -0.39 is 18.1 Å². The second-order valence-electron chi connectivity index (χ2n) is 10.2. The number of hydrogen-bond donors (Lipinski definition) is 2. The monoisotopic (exact) mass is 462 g/mol. The zero-order chi connectivity index (χ0) is 24.4. The number of pyridine rings is 1. The minimum Gasteiger partial charge on any atom is -0.352 e. The predicted octanol–water partition coefficient (Wildman–Crippen LogP) is 2.80.